The highest BCUT2D eigenvalue weighted by molar-refractivity contribution is 5.94. The molecule has 0 unspecified atom stereocenters. The number of hydrogen-bond acceptors (Lipinski definition) is 5. The molecule has 0 spiro atoms. The highest BCUT2D eigenvalue weighted by Gasteiger charge is 2.76. The van der Waals surface area contributed by atoms with Crippen LogP contribution >= 0.6 is 0 Å². The molecule has 41 heavy (non-hydrogen) atoms. The van der Waals surface area contributed by atoms with Gasteiger partial charge in [0, 0.05) is 42.7 Å². The Morgan fingerprint density at radius 1 is 1.10 bits per heavy atom. The maximum atomic E-state index is 13.8. The zero-order valence-electron chi connectivity index (χ0n) is 24.8. The molecule has 2 aliphatic heterocycles. The summed E-state index contributed by atoms with van der Waals surface area (Å²) in [5, 5.41) is 3.00. The average molecular weight is 558 g/mol. The number of likely N-dealkylation sites (tertiary alicyclic amines) is 2. The number of alkyl carbamates (subject to hydrolysis) is 1. The van der Waals surface area contributed by atoms with Gasteiger partial charge in [-0.05, 0) is 112 Å². The molecule has 5 aliphatic rings. The van der Waals surface area contributed by atoms with E-state index in [0.717, 1.165) is 56.6 Å². The highest BCUT2D eigenvalue weighted by atomic mass is 16.6. The van der Waals surface area contributed by atoms with Crippen molar-refractivity contribution in [3.63, 3.8) is 0 Å². The number of nitrogens with one attached hydrogen (secondary N) is 1. The Morgan fingerprint density at radius 3 is 2.66 bits per heavy atom. The molecular formula is C34H43N3O4. The molecule has 2 saturated heterocycles. The number of carbonyl (C=O) groups excluding carboxylic acids is 2. The normalized spacial score (nSPS) is 33.1. The van der Waals surface area contributed by atoms with E-state index in [0.29, 0.717) is 24.4 Å². The molecule has 7 rings (SSSR count). The molecule has 1 N–H and O–H groups in total. The first-order chi connectivity index (χ1) is 19.7. The number of hydrogen-bond donors (Lipinski definition) is 1. The Labute approximate surface area is 243 Å². The quantitative estimate of drug-likeness (QED) is 0.559. The lowest BCUT2D eigenvalue weighted by Gasteiger charge is -2.66. The van der Waals surface area contributed by atoms with Crippen LogP contribution in [-0.4, -0.2) is 72.8 Å². The minimum Gasteiger partial charge on any atom is -0.497 e. The van der Waals surface area contributed by atoms with E-state index in [1.807, 2.05) is 51.1 Å². The fraction of sp³-hybridized carbons (Fsp3) is 0.588. The maximum absolute atomic E-state index is 13.8. The minimum atomic E-state index is -0.502. The van der Waals surface area contributed by atoms with Crippen LogP contribution in [0.2, 0.25) is 0 Å². The van der Waals surface area contributed by atoms with E-state index in [9.17, 15) is 9.59 Å². The number of nitrogens with zero attached hydrogens (tertiary/aromatic N) is 2. The summed E-state index contributed by atoms with van der Waals surface area (Å²) < 4.78 is 11.3. The molecule has 4 bridgehead atoms. The smallest absolute Gasteiger partial charge is 0.407 e. The molecule has 4 fully saturated rings. The first kappa shape index (κ1) is 26.8. The standard InChI is InChI=1S/C34H43N3O4/c1-32(2,3)41-31(39)35-15-17-36-16-14-34-26-19-25(40-4)11-10-23(26)18-28(36)33(34)13-12-27-29(34)24(20-33)21-37(27)30(38)22-8-6-5-7-9-22/h5-11,19,24,27-29H,12-18,20-21H2,1-4H3,(H,35,39)/t24-,27-,28-,29-,33-,34+/m1/s1. The summed E-state index contributed by atoms with van der Waals surface area (Å²) in [6.07, 6.45) is 5.15. The van der Waals surface area contributed by atoms with E-state index >= 15 is 0 Å². The van der Waals surface area contributed by atoms with Gasteiger partial charge in [-0.1, -0.05) is 24.3 Å². The summed E-state index contributed by atoms with van der Waals surface area (Å²) in [5.41, 5.74) is 3.46. The van der Waals surface area contributed by atoms with Gasteiger partial charge in [-0.25, -0.2) is 4.79 Å². The molecule has 6 atom stereocenters. The number of methoxy groups -OCH3 is 1. The third-order valence-corrected chi connectivity index (χ3v) is 11.2. The van der Waals surface area contributed by atoms with E-state index in [1.54, 1.807) is 7.11 Å². The molecule has 0 radical (unpaired) electrons. The van der Waals surface area contributed by atoms with E-state index < -0.39 is 5.60 Å². The summed E-state index contributed by atoms with van der Waals surface area (Å²) in [6.45, 7) is 8.95. The van der Waals surface area contributed by atoms with E-state index in [2.05, 4.69) is 33.3 Å². The second kappa shape index (κ2) is 9.48. The summed E-state index contributed by atoms with van der Waals surface area (Å²) in [7, 11) is 1.76. The molecule has 3 aliphatic carbocycles. The third-order valence-electron chi connectivity index (χ3n) is 11.2. The van der Waals surface area contributed by atoms with Crippen LogP contribution in [0.3, 0.4) is 0 Å². The fourth-order valence-corrected chi connectivity index (χ4v) is 10.1. The monoisotopic (exact) mass is 557 g/mol. The summed E-state index contributed by atoms with van der Waals surface area (Å²) in [6, 6.07) is 17.3. The first-order valence-electron chi connectivity index (χ1n) is 15.4. The number of benzene rings is 2. The lowest BCUT2D eigenvalue weighted by molar-refractivity contribution is -0.100. The number of rotatable bonds is 5. The summed E-state index contributed by atoms with van der Waals surface area (Å²) >= 11 is 0. The Kier molecular flexibility index (Phi) is 6.20. The van der Waals surface area contributed by atoms with E-state index in [4.69, 9.17) is 9.47 Å². The van der Waals surface area contributed by atoms with Crippen LogP contribution in [0, 0.1) is 17.3 Å². The second-order valence-corrected chi connectivity index (χ2v) is 14.0. The Balaban J connectivity index is 1.22. The van der Waals surface area contributed by atoms with E-state index in [-0.39, 0.29) is 28.9 Å². The SMILES string of the molecule is COc1ccc2c(c1)[C@]13CCN(CCNC(=O)OC(C)(C)C)[C@H](C2)[C@]12CC[C@@H]1[C@H]3[C@@H](CN1C(=O)c1ccccc1)C2. The van der Waals surface area contributed by atoms with Crippen LogP contribution in [0.15, 0.2) is 48.5 Å². The van der Waals surface area contributed by atoms with Crippen molar-refractivity contribution in [2.75, 3.05) is 33.3 Å². The van der Waals surface area contributed by atoms with Crippen molar-refractivity contribution in [2.24, 2.45) is 17.3 Å². The molecule has 2 aromatic carbocycles. The Bertz CT molecular complexity index is 1360. The van der Waals surface area contributed by atoms with Gasteiger partial charge in [0.2, 0.25) is 0 Å². The van der Waals surface area contributed by atoms with Crippen LogP contribution in [-0.2, 0) is 16.6 Å². The zero-order valence-corrected chi connectivity index (χ0v) is 24.8. The third kappa shape index (κ3) is 3.94. The molecule has 2 saturated carbocycles. The number of fused-ring (bicyclic) bond motifs is 1. The molecular weight excluding hydrogens is 514 g/mol. The van der Waals surface area contributed by atoms with Gasteiger partial charge >= 0.3 is 6.09 Å². The molecule has 7 nitrogen and oxygen atoms in total. The van der Waals surface area contributed by atoms with Crippen LogP contribution in [0.1, 0.15) is 67.9 Å². The van der Waals surface area contributed by atoms with Gasteiger partial charge in [0.15, 0.2) is 0 Å². The van der Waals surface area contributed by atoms with Crippen LogP contribution in [0.4, 0.5) is 4.79 Å². The predicted molar refractivity (Wildman–Crippen MR) is 157 cm³/mol. The average Bonchev–Trinajstić information content (AvgIpc) is 3.39. The number of piperidine rings is 1. The van der Waals surface area contributed by atoms with Gasteiger partial charge in [-0.15, -0.1) is 0 Å². The topological polar surface area (TPSA) is 71.1 Å². The largest absolute Gasteiger partial charge is 0.497 e. The Hall–Kier alpha value is -3.06. The van der Waals surface area contributed by atoms with Crippen molar-refractivity contribution >= 4 is 12.0 Å². The predicted octanol–water partition coefficient (Wildman–Crippen LogP) is 5.03. The summed E-state index contributed by atoms with van der Waals surface area (Å²) in [4.78, 5) is 31.1. The molecule has 0 aromatic heterocycles. The number of carbonyl (C=O) groups is 2. The van der Waals surface area contributed by atoms with Crippen LogP contribution in [0.25, 0.3) is 0 Å². The van der Waals surface area contributed by atoms with Gasteiger partial charge < -0.3 is 19.7 Å². The second-order valence-electron chi connectivity index (χ2n) is 14.0. The van der Waals surface area contributed by atoms with Crippen molar-refractivity contribution in [1.29, 1.82) is 0 Å². The number of amides is 2. The van der Waals surface area contributed by atoms with Crippen molar-refractivity contribution in [1.82, 2.24) is 15.1 Å². The lowest BCUT2D eigenvalue weighted by atomic mass is 9.43. The first-order valence-corrected chi connectivity index (χ1v) is 15.4. The van der Waals surface area contributed by atoms with Gasteiger partial charge in [0.05, 0.1) is 7.11 Å². The zero-order chi connectivity index (χ0) is 28.6. The molecule has 2 aromatic rings. The minimum absolute atomic E-state index is 0.0498. The van der Waals surface area contributed by atoms with Crippen molar-refractivity contribution in [3.05, 3.63) is 65.2 Å². The summed E-state index contributed by atoms with van der Waals surface area (Å²) in [5.74, 6) is 2.11. The van der Waals surface area contributed by atoms with Gasteiger partial charge in [-0.2, -0.15) is 0 Å². The maximum Gasteiger partial charge on any atom is 0.407 e. The van der Waals surface area contributed by atoms with Crippen LogP contribution < -0.4 is 10.1 Å². The molecule has 7 heteroatoms. The van der Waals surface area contributed by atoms with E-state index in [1.165, 1.54) is 17.5 Å². The van der Waals surface area contributed by atoms with Crippen molar-refractivity contribution < 1.29 is 19.1 Å². The van der Waals surface area contributed by atoms with Gasteiger partial charge in [0.25, 0.3) is 5.91 Å². The molecule has 2 amide bonds. The Morgan fingerprint density at radius 2 is 1.90 bits per heavy atom. The van der Waals surface area contributed by atoms with Gasteiger partial charge in [-0.3, -0.25) is 9.69 Å². The lowest BCUT2D eigenvalue weighted by Crippen LogP contribution is -2.70. The number of ether oxygens (including phenoxy) is 2. The highest BCUT2D eigenvalue weighted by Crippen LogP contribution is 2.75. The molecule has 218 valence electrons. The van der Waals surface area contributed by atoms with Gasteiger partial charge in [0.1, 0.15) is 11.4 Å². The van der Waals surface area contributed by atoms with Crippen molar-refractivity contribution in [2.45, 2.75) is 76.0 Å². The molecule has 2 heterocycles. The fourth-order valence-electron chi connectivity index (χ4n) is 10.1. The van der Waals surface area contributed by atoms with Crippen molar-refractivity contribution in [3.8, 4) is 5.75 Å². The van der Waals surface area contributed by atoms with Crippen LogP contribution in [0.5, 0.6) is 5.75 Å².